The van der Waals surface area contributed by atoms with E-state index in [0.717, 1.165) is 28.7 Å². The second-order valence-corrected chi connectivity index (χ2v) is 7.54. The molecule has 0 radical (unpaired) electrons. The summed E-state index contributed by atoms with van der Waals surface area (Å²) in [6.45, 7) is 2.52. The maximum Gasteiger partial charge on any atom is 0.434 e. The second-order valence-electron chi connectivity index (χ2n) is 7.54. The third kappa shape index (κ3) is 3.69. The number of hydrogen-bond donors (Lipinski definition) is 0. The van der Waals surface area contributed by atoms with Crippen LogP contribution in [0.5, 0.6) is 0 Å². The van der Waals surface area contributed by atoms with Crippen molar-refractivity contribution in [1.82, 2.24) is 29.4 Å². The fraction of sp³-hybridized carbons (Fsp3) is 0.400. The van der Waals surface area contributed by atoms with Crippen molar-refractivity contribution in [1.29, 1.82) is 0 Å². The fourth-order valence-electron chi connectivity index (χ4n) is 3.86. The lowest BCUT2D eigenvalue weighted by molar-refractivity contribution is -0.143. The van der Waals surface area contributed by atoms with Gasteiger partial charge in [-0.2, -0.15) is 18.3 Å². The molecule has 0 aliphatic carbocycles. The zero-order valence-corrected chi connectivity index (χ0v) is 16.6. The molecule has 1 aliphatic heterocycles. The summed E-state index contributed by atoms with van der Waals surface area (Å²) in [6.07, 6.45) is -0.673. The monoisotopic (exact) mass is 418 g/mol. The number of likely N-dealkylation sites (tertiary alicyclic amines) is 1. The highest BCUT2D eigenvalue weighted by Gasteiger charge is 2.42. The SMILES string of the molecule is Cc1ccc(-n2ncc(C(=O)N3CCCC(c4nncn4C)C3)c2C(F)(F)F)cc1. The standard InChI is InChI=1S/C20H21F3N6O/c1-13-5-7-15(8-6-13)29-17(20(21,22)23)16(10-25-29)19(30)28-9-3-4-14(11-28)18-26-24-12-27(18)2/h5-8,10,12,14H,3-4,9,11H2,1-2H3. The Morgan fingerprint density at radius 1 is 1.20 bits per heavy atom. The largest absolute Gasteiger partial charge is 0.434 e. The van der Waals surface area contributed by atoms with Crippen LogP contribution < -0.4 is 0 Å². The molecule has 3 heterocycles. The average Bonchev–Trinajstić information content (AvgIpc) is 3.34. The summed E-state index contributed by atoms with van der Waals surface area (Å²) >= 11 is 0. The van der Waals surface area contributed by atoms with Gasteiger partial charge in [-0.1, -0.05) is 17.7 Å². The van der Waals surface area contributed by atoms with Crippen LogP contribution >= 0.6 is 0 Å². The number of carbonyl (C=O) groups is 1. The number of carbonyl (C=O) groups excluding carboxylic acids is 1. The molecule has 0 saturated carbocycles. The van der Waals surface area contributed by atoms with Gasteiger partial charge >= 0.3 is 6.18 Å². The maximum absolute atomic E-state index is 13.9. The third-order valence-electron chi connectivity index (χ3n) is 5.37. The molecule has 4 rings (SSSR count). The number of benzene rings is 1. The first-order valence-electron chi connectivity index (χ1n) is 9.61. The lowest BCUT2D eigenvalue weighted by Crippen LogP contribution is -2.40. The minimum atomic E-state index is -4.73. The van der Waals surface area contributed by atoms with Crippen LogP contribution in [0.15, 0.2) is 36.8 Å². The van der Waals surface area contributed by atoms with Crippen molar-refractivity contribution in [2.45, 2.75) is 31.9 Å². The van der Waals surface area contributed by atoms with Gasteiger partial charge in [0.2, 0.25) is 0 Å². The van der Waals surface area contributed by atoms with Gasteiger partial charge in [0.25, 0.3) is 5.91 Å². The van der Waals surface area contributed by atoms with E-state index in [9.17, 15) is 18.0 Å². The van der Waals surface area contributed by atoms with Crippen molar-refractivity contribution in [3.05, 3.63) is 59.4 Å². The summed E-state index contributed by atoms with van der Waals surface area (Å²) in [4.78, 5) is 14.5. The van der Waals surface area contributed by atoms with Crippen molar-refractivity contribution in [2.75, 3.05) is 13.1 Å². The highest BCUT2D eigenvalue weighted by molar-refractivity contribution is 5.95. The molecule has 1 saturated heterocycles. The first kappa shape index (κ1) is 20.1. The number of aromatic nitrogens is 5. The predicted molar refractivity (Wildman–Crippen MR) is 102 cm³/mol. The first-order chi connectivity index (χ1) is 14.3. The highest BCUT2D eigenvalue weighted by atomic mass is 19.4. The van der Waals surface area contributed by atoms with E-state index in [1.165, 1.54) is 4.90 Å². The summed E-state index contributed by atoms with van der Waals surface area (Å²) in [6, 6.07) is 6.51. The molecule has 1 aliphatic rings. The topological polar surface area (TPSA) is 68.8 Å². The predicted octanol–water partition coefficient (Wildman–Crippen LogP) is 3.35. The minimum absolute atomic E-state index is 0.0725. The Hall–Kier alpha value is -3.17. The maximum atomic E-state index is 13.9. The summed E-state index contributed by atoms with van der Waals surface area (Å²) in [5, 5.41) is 11.9. The van der Waals surface area contributed by atoms with Crippen molar-refractivity contribution < 1.29 is 18.0 Å². The van der Waals surface area contributed by atoms with Crippen LogP contribution in [0.1, 0.15) is 46.2 Å². The number of aryl methyl sites for hydroxylation is 2. The molecule has 0 spiro atoms. The van der Waals surface area contributed by atoms with Gasteiger partial charge in [-0.05, 0) is 31.9 Å². The molecule has 3 aromatic rings. The zero-order chi connectivity index (χ0) is 21.5. The molecular formula is C20H21F3N6O. The van der Waals surface area contributed by atoms with E-state index in [1.54, 1.807) is 35.2 Å². The lowest BCUT2D eigenvalue weighted by atomic mass is 9.96. The Labute approximate surface area is 171 Å². The van der Waals surface area contributed by atoms with Crippen LogP contribution in [0.25, 0.3) is 5.69 Å². The van der Waals surface area contributed by atoms with Gasteiger partial charge in [0.05, 0.1) is 17.4 Å². The summed E-state index contributed by atoms with van der Waals surface area (Å²) in [5.74, 6) is -0.0249. The Morgan fingerprint density at radius 3 is 2.57 bits per heavy atom. The van der Waals surface area contributed by atoms with Crippen LogP contribution in [-0.2, 0) is 13.2 Å². The number of hydrogen-bond acceptors (Lipinski definition) is 4. The van der Waals surface area contributed by atoms with Gasteiger partial charge in [0.15, 0.2) is 5.69 Å². The zero-order valence-electron chi connectivity index (χ0n) is 16.6. The van der Waals surface area contributed by atoms with E-state index in [2.05, 4.69) is 15.3 Å². The average molecular weight is 418 g/mol. The van der Waals surface area contributed by atoms with E-state index in [0.29, 0.717) is 19.5 Å². The smallest absolute Gasteiger partial charge is 0.338 e. The lowest BCUT2D eigenvalue weighted by Gasteiger charge is -2.32. The van der Waals surface area contributed by atoms with Gasteiger partial charge in [-0.15, -0.1) is 10.2 Å². The second kappa shape index (κ2) is 7.58. The van der Waals surface area contributed by atoms with Crippen molar-refractivity contribution >= 4 is 5.91 Å². The molecule has 1 unspecified atom stereocenters. The Morgan fingerprint density at radius 2 is 1.93 bits per heavy atom. The normalized spacial score (nSPS) is 17.4. The molecule has 30 heavy (non-hydrogen) atoms. The molecule has 1 aromatic carbocycles. The molecule has 7 nitrogen and oxygen atoms in total. The van der Waals surface area contributed by atoms with Gasteiger partial charge in [-0.25, -0.2) is 4.68 Å². The van der Waals surface area contributed by atoms with Gasteiger partial charge in [0.1, 0.15) is 12.2 Å². The number of nitrogens with zero attached hydrogens (tertiary/aromatic N) is 6. The van der Waals surface area contributed by atoms with E-state index in [4.69, 9.17) is 0 Å². The molecular weight excluding hydrogens is 397 g/mol. The highest BCUT2D eigenvalue weighted by Crippen LogP contribution is 2.35. The summed E-state index contributed by atoms with van der Waals surface area (Å²) in [5.41, 5.74) is -0.333. The van der Waals surface area contributed by atoms with Gasteiger partial charge < -0.3 is 9.47 Å². The van der Waals surface area contributed by atoms with E-state index in [-0.39, 0.29) is 11.6 Å². The van der Waals surface area contributed by atoms with Crippen molar-refractivity contribution in [3.63, 3.8) is 0 Å². The Bertz CT molecular complexity index is 1050. The van der Waals surface area contributed by atoms with Crippen molar-refractivity contribution in [3.8, 4) is 5.69 Å². The van der Waals surface area contributed by atoms with Crippen LogP contribution in [0.2, 0.25) is 0 Å². The molecule has 0 bridgehead atoms. The van der Waals surface area contributed by atoms with E-state index in [1.807, 2.05) is 14.0 Å². The minimum Gasteiger partial charge on any atom is -0.338 e. The van der Waals surface area contributed by atoms with Gasteiger partial charge in [-0.3, -0.25) is 4.79 Å². The fourth-order valence-corrected chi connectivity index (χ4v) is 3.86. The number of rotatable bonds is 3. The molecule has 1 fully saturated rings. The van der Waals surface area contributed by atoms with Gasteiger partial charge in [0, 0.05) is 26.1 Å². The van der Waals surface area contributed by atoms with E-state index >= 15 is 0 Å². The van der Waals surface area contributed by atoms with Crippen LogP contribution in [0.3, 0.4) is 0 Å². The van der Waals surface area contributed by atoms with Crippen LogP contribution in [0.4, 0.5) is 13.2 Å². The van der Waals surface area contributed by atoms with Crippen LogP contribution in [0, 0.1) is 6.92 Å². The third-order valence-corrected chi connectivity index (χ3v) is 5.37. The quantitative estimate of drug-likeness (QED) is 0.654. The summed E-state index contributed by atoms with van der Waals surface area (Å²) < 4.78 is 44.4. The molecule has 2 aromatic heterocycles. The van der Waals surface area contributed by atoms with E-state index < -0.39 is 23.3 Å². The number of piperidine rings is 1. The summed E-state index contributed by atoms with van der Waals surface area (Å²) in [7, 11) is 1.81. The number of alkyl halides is 3. The van der Waals surface area contributed by atoms with Crippen molar-refractivity contribution in [2.24, 2.45) is 7.05 Å². The molecule has 1 atom stereocenters. The molecule has 10 heteroatoms. The van der Waals surface area contributed by atoms with Crippen LogP contribution in [-0.4, -0.2) is 48.4 Å². The molecule has 1 amide bonds. The molecule has 158 valence electrons. The Kier molecular flexibility index (Phi) is 5.08. The number of amides is 1. The molecule has 0 N–H and O–H groups in total. The first-order valence-corrected chi connectivity index (χ1v) is 9.61. The number of halogens is 3. The Balaban J connectivity index is 1.67.